The number of rotatable bonds is 4. The molecule has 0 radical (unpaired) electrons. The van der Waals surface area contributed by atoms with Crippen LogP contribution in [0, 0.1) is 25.5 Å². The van der Waals surface area contributed by atoms with Gasteiger partial charge in [-0.3, -0.25) is 9.48 Å². The number of halogens is 3. The van der Waals surface area contributed by atoms with Gasteiger partial charge in [0.25, 0.3) is 5.91 Å². The van der Waals surface area contributed by atoms with Gasteiger partial charge in [0.05, 0.1) is 27.7 Å². The van der Waals surface area contributed by atoms with Crippen molar-refractivity contribution in [3.63, 3.8) is 0 Å². The number of nitrogens with one attached hydrogen (secondary N) is 1. The van der Waals surface area contributed by atoms with Crippen LogP contribution in [-0.2, 0) is 16.6 Å². The summed E-state index contributed by atoms with van der Waals surface area (Å²) in [5, 5.41) is 6.48. The number of esters is 1. The van der Waals surface area contributed by atoms with E-state index in [0.717, 1.165) is 5.69 Å². The average Bonchev–Trinajstić information content (AvgIpc) is 2.76. The van der Waals surface area contributed by atoms with Gasteiger partial charge in [-0.25, -0.2) is 13.6 Å². The predicted octanol–water partition coefficient (Wildman–Crippen LogP) is 3.15. The number of hydrogen-bond donors (Lipinski definition) is 1. The second-order valence-corrected chi connectivity index (χ2v) is 5.86. The summed E-state index contributed by atoms with van der Waals surface area (Å²) in [5.74, 6) is -4.05. The van der Waals surface area contributed by atoms with Crippen molar-refractivity contribution >= 4 is 29.2 Å². The Labute approximate surface area is 147 Å². The molecule has 1 N–H and O–H groups in total. The molecule has 6 nitrogen and oxygen atoms in total. The van der Waals surface area contributed by atoms with Crippen LogP contribution in [0.3, 0.4) is 0 Å². The quantitative estimate of drug-likeness (QED) is 0.662. The molecule has 0 aliphatic rings. The second-order valence-electron chi connectivity index (χ2n) is 5.45. The van der Waals surface area contributed by atoms with Gasteiger partial charge in [-0.15, -0.1) is 0 Å². The molecule has 0 saturated carbocycles. The van der Waals surface area contributed by atoms with Gasteiger partial charge in [-0.1, -0.05) is 11.6 Å². The highest BCUT2D eigenvalue weighted by atomic mass is 35.5. The first-order valence-electron chi connectivity index (χ1n) is 7.28. The molecule has 9 heteroatoms. The molecule has 2 aromatic rings. The van der Waals surface area contributed by atoms with Crippen LogP contribution in [-0.4, -0.2) is 27.8 Å². The van der Waals surface area contributed by atoms with Gasteiger partial charge in [0.15, 0.2) is 17.7 Å². The Bertz CT molecular complexity index is 852. The first kappa shape index (κ1) is 18.9. The van der Waals surface area contributed by atoms with E-state index in [4.69, 9.17) is 16.3 Å². The maximum absolute atomic E-state index is 13.3. The fourth-order valence-electron chi connectivity index (χ4n) is 2.14. The Morgan fingerprint density at radius 2 is 1.88 bits per heavy atom. The Balaban J connectivity index is 2.11. The molecular weight excluding hydrogens is 356 g/mol. The fraction of sp³-hybridized carbons (Fsp3) is 0.312. The average molecular weight is 372 g/mol. The van der Waals surface area contributed by atoms with E-state index in [1.54, 1.807) is 25.6 Å². The van der Waals surface area contributed by atoms with E-state index in [9.17, 15) is 18.4 Å². The first-order chi connectivity index (χ1) is 11.6. The van der Waals surface area contributed by atoms with Gasteiger partial charge in [0, 0.05) is 7.05 Å². The lowest BCUT2D eigenvalue weighted by Crippen LogP contribution is -2.30. The lowest BCUT2D eigenvalue weighted by molar-refractivity contribution is -0.123. The van der Waals surface area contributed by atoms with Crippen LogP contribution in [0.25, 0.3) is 0 Å². The molecule has 0 aliphatic heterocycles. The van der Waals surface area contributed by atoms with Crippen molar-refractivity contribution < 1.29 is 23.1 Å². The number of carbonyl (C=O) groups is 2. The van der Waals surface area contributed by atoms with Crippen LogP contribution in [0.15, 0.2) is 12.1 Å². The van der Waals surface area contributed by atoms with Gasteiger partial charge >= 0.3 is 5.97 Å². The topological polar surface area (TPSA) is 73.2 Å². The lowest BCUT2D eigenvalue weighted by Gasteiger charge is -2.14. The zero-order valence-electron chi connectivity index (χ0n) is 14.0. The molecule has 0 spiro atoms. The molecule has 0 aliphatic carbocycles. The number of amides is 1. The molecule has 1 aromatic heterocycles. The molecule has 0 unspecified atom stereocenters. The van der Waals surface area contributed by atoms with Crippen molar-refractivity contribution in [2.24, 2.45) is 7.05 Å². The lowest BCUT2D eigenvalue weighted by atomic mass is 10.2. The fourth-order valence-corrected chi connectivity index (χ4v) is 2.36. The summed E-state index contributed by atoms with van der Waals surface area (Å²) in [4.78, 5) is 24.2. The minimum absolute atomic E-state index is 0.310. The van der Waals surface area contributed by atoms with Crippen molar-refractivity contribution in [3.8, 4) is 0 Å². The molecular formula is C16H16ClF2N3O3. The summed E-state index contributed by atoms with van der Waals surface area (Å²) in [5.41, 5.74) is 1.48. The smallest absolute Gasteiger partial charge is 0.340 e. The van der Waals surface area contributed by atoms with E-state index in [2.05, 4.69) is 10.4 Å². The highest BCUT2D eigenvalue weighted by Gasteiger charge is 2.23. The molecule has 25 heavy (non-hydrogen) atoms. The van der Waals surface area contributed by atoms with Crippen molar-refractivity contribution in [2.75, 3.05) is 5.32 Å². The van der Waals surface area contributed by atoms with Gasteiger partial charge in [0.1, 0.15) is 0 Å². The molecule has 1 heterocycles. The number of hydrogen-bond acceptors (Lipinski definition) is 4. The standard InChI is InChI=1S/C16H16ClF2N3O3/c1-7-14(8(2)22(4)21-7)20-15(23)9(3)25-16(24)10-5-12(18)13(19)6-11(10)17/h5-6,9H,1-4H3,(H,20,23)/t9-/m1/s1. The number of aryl methyl sites for hydroxylation is 2. The monoisotopic (exact) mass is 371 g/mol. The summed E-state index contributed by atoms with van der Waals surface area (Å²) < 4.78 is 32.9. The van der Waals surface area contributed by atoms with Crippen LogP contribution >= 0.6 is 11.6 Å². The summed E-state index contributed by atoms with van der Waals surface area (Å²) in [6, 6.07) is 1.29. The highest BCUT2D eigenvalue weighted by molar-refractivity contribution is 6.33. The third-order valence-corrected chi connectivity index (χ3v) is 3.95. The molecule has 1 atom stereocenters. The van der Waals surface area contributed by atoms with Crippen molar-refractivity contribution in [1.82, 2.24) is 9.78 Å². The molecule has 0 fully saturated rings. The molecule has 1 amide bonds. The van der Waals surface area contributed by atoms with Crippen molar-refractivity contribution in [1.29, 1.82) is 0 Å². The Morgan fingerprint density at radius 3 is 2.44 bits per heavy atom. The highest BCUT2D eigenvalue weighted by Crippen LogP contribution is 2.22. The zero-order chi connectivity index (χ0) is 18.9. The van der Waals surface area contributed by atoms with Crippen LogP contribution < -0.4 is 5.32 Å². The predicted molar refractivity (Wildman–Crippen MR) is 87.6 cm³/mol. The Hall–Kier alpha value is -2.48. The Kier molecular flexibility index (Phi) is 5.42. The minimum Gasteiger partial charge on any atom is -0.449 e. The van der Waals surface area contributed by atoms with E-state index >= 15 is 0 Å². The van der Waals surface area contributed by atoms with E-state index in [-0.39, 0.29) is 10.6 Å². The molecule has 134 valence electrons. The number of aromatic nitrogens is 2. The third kappa shape index (κ3) is 3.96. The van der Waals surface area contributed by atoms with Gasteiger partial charge in [-0.05, 0) is 32.9 Å². The summed E-state index contributed by atoms with van der Waals surface area (Å²) in [6.07, 6.45) is -1.18. The maximum Gasteiger partial charge on any atom is 0.340 e. The van der Waals surface area contributed by atoms with Crippen LogP contribution in [0.4, 0.5) is 14.5 Å². The third-order valence-electron chi connectivity index (χ3n) is 3.64. The van der Waals surface area contributed by atoms with E-state index in [1.807, 2.05) is 0 Å². The van der Waals surface area contributed by atoms with Gasteiger partial charge in [0.2, 0.25) is 0 Å². The number of ether oxygens (including phenoxy) is 1. The van der Waals surface area contributed by atoms with Crippen molar-refractivity contribution in [3.05, 3.63) is 45.7 Å². The van der Waals surface area contributed by atoms with Crippen molar-refractivity contribution in [2.45, 2.75) is 26.9 Å². The second kappa shape index (κ2) is 7.18. The molecule has 2 rings (SSSR count). The van der Waals surface area contributed by atoms with E-state index in [1.165, 1.54) is 6.92 Å². The van der Waals surface area contributed by atoms with E-state index < -0.39 is 29.6 Å². The summed E-state index contributed by atoms with van der Waals surface area (Å²) in [7, 11) is 1.73. The minimum atomic E-state index is -1.24. The molecule has 1 aromatic carbocycles. The largest absolute Gasteiger partial charge is 0.449 e. The SMILES string of the molecule is Cc1nn(C)c(C)c1NC(=O)[C@@H](C)OC(=O)c1cc(F)c(F)cc1Cl. The maximum atomic E-state index is 13.3. The summed E-state index contributed by atoms with van der Waals surface area (Å²) >= 11 is 5.71. The van der Waals surface area contributed by atoms with E-state index in [0.29, 0.717) is 23.5 Å². The van der Waals surface area contributed by atoms with Gasteiger partial charge < -0.3 is 10.1 Å². The number of benzene rings is 1. The van der Waals surface area contributed by atoms with Crippen LogP contribution in [0.1, 0.15) is 28.7 Å². The normalized spacial score (nSPS) is 12.0. The van der Waals surface area contributed by atoms with Crippen LogP contribution in [0.5, 0.6) is 0 Å². The first-order valence-corrected chi connectivity index (χ1v) is 7.66. The Morgan fingerprint density at radius 1 is 1.28 bits per heavy atom. The van der Waals surface area contributed by atoms with Crippen LogP contribution in [0.2, 0.25) is 5.02 Å². The molecule has 0 saturated heterocycles. The zero-order valence-corrected chi connectivity index (χ0v) is 14.7. The molecule has 0 bridgehead atoms. The number of nitrogens with zero attached hydrogens (tertiary/aromatic N) is 2. The number of carbonyl (C=O) groups excluding carboxylic acids is 2. The number of anilines is 1. The van der Waals surface area contributed by atoms with Gasteiger partial charge in [-0.2, -0.15) is 5.10 Å². The summed E-state index contributed by atoms with van der Waals surface area (Å²) in [6.45, 7) is 4.84.